The number of nitrogens with zero attached hydrogens (tertiary/aromatic N) is 1. The smallest absolute Gasteiger partial charge is 0.408 e. The average Bonchev–Trinajstić information content (AvgIpc) is 2.93. The van der Waals surface area contributed by atoms with Crippen LogP contribution in [0.1, 0.15) is 33.3 Å². The quantitative estimate of drug-likeness (QED) is 0.327. The van der Waals surface area contributed by atoms with Crippen molar-refractivity contribution in [3.8, 4) is 0 Å². The van der Waals surface area contributed by atoms with Gasteiger partial charge in [-0.3, -0.25) is 0 Å². The molecule has 0 saturated heterocycles. The molecule has 0 aliphatic heterocycles. The largest absolute Gasteiger partial charge is 0.444 e. The van der Waals surface area contributed by atoms with Gasteiger partial charge >= 0.3 is 12.1 Å². The molecule has 1 amide bonds. The average molecular weight is 360 g/mol. The van der Waals surface area contributed by atoms with Crippen LogP contribution < -0.4 is 11.1 Å². The highest BCUT2D eigenvalue weighted by Crippen LogP contribution is 2.19. The zero-order valence-corrected chi connectivity index (χ0v) is 15.3. The van der Waals surface area contributed by atoms with Gasteiger partial charge in [-0.15, -0.1) is 0 Å². The summed E-state index contributed by atoms with van der Waals surface area (Å²) in [6.45, 7) is 6.70. The molecule has 0 aliphatic rings. The molecule has 4 N–H and O–H groups in total. The van der Waals surface area contributed by atoms with Gasteiger partial charge in [0.1, 0.15) is 17.5 Å². The maximum Gasteiger partial charge on any atom is 0.408 e. The first-order valence-electron chi connectivity index (χ1n) is 8.21. The number of amides is 1. The Kier molecular flexibility index (Phi) is 5.86. The molecule has 0 radical (unpaired) electrons. The number of rotatable bonds is 5. The predicted octanol–water partition coefficient (Wildman–Crippen LogP) is 2.44. The first kappa shape index (κ1) is 19.3. The summed E-state index contributed by atoms with van der Waals surface area (Å²) in [7, 11) is 0. The number of benzene rings is 1. The molecule has 26 heavy (non-hydrogen) atoms. The van der Waals surface area contributed by atoms with Crippen LogP contribution in [0.4, 0.5) is 4.79 Å². The molecule has 1 aromatic carbocycles. The number of para-hydroxylation sites is 1. The molecule has 8 heteroatoms. The maximum absolute atomic E-state index is 12.3. The summed E-state index contributed by atoms with van der Waals surface area (Å²) in [5, 5.41) is 6.96. The van der Waals surface area contributed by atoms with Crippen molar-refractivity contribution in [2.24, 2.45) is 10.9 Å². The summed E-state index contributed by atoms with van der Waals surface area (Å²) in [5.41, 5.74) is 6.49. The summed E-state index contributed by atoms with van der Waals surface area (Å²) >= 11 is 0. The number of nitrogens with two attached hydrogens (primary N) is 1. The van der Waals surface area contributed by atoms with E-state index in [0.717, 1.165) is 16.5 Å². The molecule has 8 nitrogen and oxygen atoms in total. The SMILES string of the molecule is CC(N)=NOC(=O)C(Cc1c[nH]c2ccccc12)NC(=O)OC(C)(C)C. The molecule has 0 bridgehead atoms. The minimum Gasteiger partial charge on any atom is -0.444 e. The van der Waals surface area contributed by atoms with Crippen LogP contribution in [0.25, 0.3) is 10.9 Å². The highest BCUT2D eigenvalue weighted by molar-refractivity contribution is 5.86. The van der Waals surface area contributed by atoms with E-state index in [2.05, 4.69) is 15.5 Å². The van der Waals surface area contributed by atoms with Crippen molar-refractivity contribution < 1.29 is 19.2 Å². The van der Waals surface area contributed by atoms with Gasteiger partial charge in [0.15, 0.2) is 0 Å². The summed E-state index contributed by atoms with van der Waals surface area (Å²) in [4.78, 5) is 32.4. The Bertz CT molecular complexity index is 816. The van der Waals surface area contributed by atoms with Crippen molar-refractivity contribution in [3.63, 3.8) is 0 Å². The van der Waals surface area contributed by atoms with Gasteiger partial charge in [-0.1, -0.05) is 23.4 Å². The van der Waals surface area contributed by atoms with Crippen LogP contribution >= 0.6 is 0 Å². The zero-order chi connectivity index (χ0) is 19.3. The van der Waals surface area contributed by atoms with E-state index in [1.165, 1.54) is 6.92 Å². The lowest BCUT2D eigenvalue weighted by Gasteiger charge is -2.22. The molecule has 0 saturated carbocycles. The molecule has 0 aliphatic carbocycles. The first-order chi connectivity index (χ1) is 12.2. The number of hydrogen-bond donors (Lipinski definition) is 3. The van der Waals surface area contributed by atoms with Crippen LogP contribution in [-0.4, -0.2) is 34.5 Å². The van der Waals surface area contributed by atoms with Crippen LogP contribution in [0.2, 0.25) is 0 Å². The number of carbonyl (C=O) groups is 2. The summed E-state index contributed by atoms with van der Waals surface area (Å²) in [6, 6.07) is 6.68. The van der Waals surface area contributed by atoms with Crippen molar-refractivity contribution in [2.75, 3.05) is 0 Å². The highest BCUT2D eigenvalue weighted by atomic mass is 16.7. The highest BCUT2D eigenvalue weighted by Gasteiger charge is 2.27. The third-order valence-corrected chi connectivity index (χ3v) is 3.35. The van der Waals surface area contributed by atoms with Gasteiger partial charge in [0.2, 0.25) is 0 Å². The third-order valence-electron chi connectivity index (χ3n) is 3.35. The van der Waals surface area contributed by atoms with E-state index in [1.807, 2.05) is 24.3 Å². The number of ether oxygens (including phenoxy) is 1. The lowest BCUT2D eigenvalue weighted by Crippen LogP contribution is -2.45. The van der Waals surface area contributed by atoms with E-state index >= 15 is 0 Å². The molecule has 2 aromatic rings. The molecule has 1 atom stereocenters. The minimum atomic E-state index is -0.979. The Labute approximate surface area is 151 Å². The Balaban J connectivity index is 2.20. The molecule has 1 unspecified atom stereocenters. The molecule has 140 valence electrons. The molecule has 0 fully saturated rings. The van der Waals surface area contributed by atoms with Crippen LogP contribution in [0, 0.1) is 0 Å². The monoisotopic (exact) mass is 360 g/mol. The maximum atomic E-state index is 12.3. The molecule has 1 aromatic heterocycles. The van der Waals surface area contributed by atoms with Gasteiger partial charge in [0, 0.05) is 23.5 Å². The molecule has 2 rings (SSSR count). The number of fused-ring (bicyclic) bond motifs is 1. The Hall–Kier alpha value is -3.03. The number of aromatic nitrogens is 1. The topological polar surface area (TPSA) is 119 Å². The predicted molar refractivity (Wildman–Crippen MR) is 98.5 cm³/mol. The van der Waals surface area contributed by atoms with Crippen molar-refractivity contribution in [2.45, 2.75) is 45.8 Å². The van der Waals surface area contributed by atoms with Crippen LogP contribution in [0.15, 0.2) is 35.6 Å². The van der Waals surface area contributed by atoms with Gasteiger partial charge in [-0.2, -0.15) is 0 Å². The van der Waals surface area contributed by atoms with Crippen molar-refractivity contribution in [1.82, 2.24) is 10.3 Å². The minimum absolute atomic E-state index is 0.0986. The van der Waals surface area contributed by atoms with Crippen molar-refractivity contribution >= 4 is 28.8 Å². The standard InChI is InChI=1S/C18H24N4O4/c1-11(19)22-26-16(23)15(21-17(24)25-18(2,3)4)9-12-10-20-14-8-6-5-7-13(12)14/h5-8,10,15,20H,9H2,1-4H3,(H2,19,22)(H,21,24). The second-order valence-corrected chi connectivity index (χ2v) is 6.91. The summed E-state index contributed by atoms with van der Waals surface area (Å²) in [6.07, 6.45) is 1.29. The fourth-order valence-corrected chi connectivity index (χ4v) is 2.34. The molecular formula is C18H24N4O4. The van der Waals surface area contributed by atoms with Gasteiger partial charge in [-0.05, 0) is 39.3 Å². The van der Waals surface area contributed by atoms with Crippen LogP contribution in [0.5, 0.6) is 0 Å². The van der Waals surface area contributed by atoms with E-state index in [4.69, 9.17) is 15.3 Å². The van der Waals surface area contributed by atoms with Crippen molar-refractivity contribution in [3.05, 3.63) is 36.0 Å². The lowest BCUT2D eigenvalue weighted by molar-refractivity contribution is -0.146. The third kappa shape index (κ3) is 5.51. The van der Waals surface area contributed by atoms with E-state index in [0.29, 0.717) is 0 Å². The van der Waals surface area contributed by atoms with E-state index in [9.17, 15) is 9.59 Å². The van der Waals surface area contributed by atoms with Gasteiger partial charge < -0.3 is 25.6 Å². The number of carbonyl (C=O) groups excluding carboxylic acids is 2. The zero-order valence-electron chi connectivity index (χ0n) is 15.3. The number of H-pyrrole nitrogens is 1. The molecular weight excluding hydrogens is 336 g/mol. The fraction of sp³-hybridized carbons (Fsp3) is 0.389. The first-order valence-corrected chi connectivity index (χ1v) is 8.21. The normalized spacial score (nSPS) is 13.3. The Morgan fingerprint density at radius 1 is 1.31 bits per heavy atom. The number of aromatic amines is 1. The summed E-state index contributed by atoms with van der Waals surface area (Å²) < 4.78 is 5.22. The molecule has 0 spiro atoms. The van der Waals surface area contributed by atoms with Gasteiger partial charge in [0.25, 0.3) is 0 Å². The van der Waals surface area contributed by atoms with Gasteiger partial charge in [0.05, 0.1) is 0 Å². The molecule has 1 heterocycles. The summed E-state index contributed by atoms with van der Waals surface area (Å²) in [5.74, 6) is -0.632. The number of hydrogen-bond acceptors (Lipinski definition) is 5. The number of amidine groups is 1. The van der Waals surface area contributed by atoms with Crippen molar-refractivity contribution in [1.29, 1.82) is 0 Å². The number of nitrogens with one attached hydrogen (secondary N) is 2. The van der Waals surface area contributed by atoms with E-state index in [-0.39, 0.29) is 12.3 Å². The lowest BCUT2D eigenvalue weighted by atomic mass is 10.1. The Morgan fingerprint density at radius 2 is 2.00 bits per heavy atom. The second-order valence-electron chi connectivity index (χ2n) is 6.91. The van der Waals surface area contributed by atoms with Crippen LogP contribution in [0.3, 0.4) is 0 Å². The Morgan fingerprint density at radius 3 is 2.65 bits per heavy atom. The number of oxime groups is 1. The van der Waals surface area contributed by atoms with Gasteiger partial charge in [-0.25, -0.2) is 9.59 Å². The second kappa shape index (κ2) is 7.90. The van der Waals surface area contributed by atoms with Crippen LogP contribution in [-0.2, 0) is 20.8 Å². The van der Waals surface area contributed by atoms with E-state index in [1.54, 1.807) is 27.0 Å². The van der Waals surface area contributed by atoms with E-state index < -0.39 is 23.7 Å². The number of alkyl carbamates (subject to hydrolysis) is 1. The fourth-order valence-electron chi connectivity index (χ4n) is 2.34.